The molecule has 0 amide bonds. The third-order valence-corrected chi connectivity index (χ3v) is 7.57. The molecule has 0 radical (unpaired) electrons. The third kappa shape index (κ3) is 4.56. The lowest BCUT2D eigenvalue weighted by molar-refractivity contribution is -0.0541. The van der Waals surface area contributed by atoms with E-state index in [0.29, 0.717) is 22.2 Å². The van der Waals surface area contributed by atoms with Gasteiger partial charge in [-0.3, -0.25) is 0 Å². The number of anilines is 1. The van der Waals surface area contributed by atoms with Crippen molar-refractivity contribution < 1.29 is 30.7 Å². The highest BCUT2D eigenvalue weighted by atomic mass is 32.2. The molecule has 198 valence electrons. The van der Waals surface area contributed by atoms with Crippen molar-refractivity contribution in [3.05, 3.63) is 36.5 Å². The van der Waals surface area contributed by atoms with Crippen LogP contribution < -0.4 is 10.1 Å². The molecule has 1 aliphatic rings. The van der Waals surface area contributed by atoms with Crippen molar-refractivity contribution in [3.63, 3.8) is 0 Å². The molecule has 1 atom stereocenters. The van der Waals surface area contributed by atoms with Crippen LogP contribution in [0.5, 0.6) is 5.88 Å². The normalized spacial score (nSPS) is 18.5. The second-order valence-corrected chi connectivity index (χ2v) is 10.7. The van der Waals surface area contributed by atoms with Crippen LogP contribution >= 0.6 is 0 Å². The molecular formula is C22H23F4N7O3S. The molecule has 0 bridgehead atoms. The topological polar surface area (TPSA) is 107 Å². The molecule has 0 saturated carbocycles. The molecule has 10 nitrogen and oxygen atoms in total. The summed E-state index contributed by atoms with van der Waals surface area (Å²) in [6, 6.07) is 3.19. The number of imidazole rings is 1. The fourth-order valence-electron chi connectivity index (χ4n) is 4.50. The van der Waals surface area contributed by atoms with Crippen LogP contribution in [0, 0.1) is 5.82 Å². The van der Waals surface area contributed by atoms with Crippen molar-refractivity contribution in [2.45, 2.75) is 24.9 Å². The molecule has 3 aromatic heterocycles. The van der Waals surface area contributed by atoms with E-state index in [-0.39, 0.29) is 36.9 Å². The molecule has 0 aliphatic carbocycles. The fourth-order valence-corrected chi connectivity index (χ4v) is 5.34. The van der Waals surface area contributed by atoms with E-state index >= 15 is 0 Å². The molecule has 1 fully saturated rings. The molecular weight excluding hydrogens is 518 g/mol. The highest BCUT2D eigenvalue weighted by molar-refractivity contribution is 7.88. The van der Waals surface area contributed by atoms with Crippen LogP contribution in [0.4, 0.5) is 23.5 Å². The van der Waals surface area contributed by atoms with E-state index in [9.17, 15) is 26.0 Å². The van der Waals surface area contributed by atoms with Crippen molar-refractivity contribution in [1.29, 1.82) is 0 Å². The molecule has 1 saturated heterocycles. The summed E-state index contributed by atoms with van der Waals surface area (Å²) in [4.78, 5) is 8.25. The monoisotopic (exact) mass is 541 g/mol. The first-order valence-electron chi connectivity index (χ1n) is 11.3. The Kier molecular flexibility index (Phi) is 6.22. The van der Waals surface area contributed by atoms with Gasteiger partial charge in [-0.1, -0.05) is 0 Å². The molecule has 37 heavy (non-hydrogen) atoms. The van der Waals surface area contributed by atoms with Gasteiger partial charge >= 0.3 is 0 Å². The summed E-state index contributed by atoms with van der Waals surface area (Å²) in [6.45, 7) is -1.66. The van der Waals surface area contributed by atoms with Crippen molar-refractivity contribution in [2.75, 3.05) is 38.4 Å². The zero-order valence-corrected chi connectivity index (χ0v) is 20.6. The van der Waals surface area contributed by atoms with Gasteiger partial charge in [0.15, 0.2) is 5.82 Å². The van der Waals surface area contributed by atoms with Crippen molar-refractivity contribution in [1.82, 2.24) is 28.5 Å². The van der Waals surface area contributed by atoms with E-state index < -0.39 is 41.0 Å². The predicted molar refractivity (Wildman–Crippen MR) is 128 cm³/mol. The van der Waals surface area contributed by atoms with Gasteiger partial charge in [0, 0.05) is 18.3 Å². The average Bonchev–Trinajstić information content (AvgIpc) is 3.44. The Morgan fingerprint density at radius 2 is 2.08 bits per heavy atom. The zero-order valence-electron chi connectivity index (χ0n) is 19.8. The summed E-state index contributed by atoms with van der Waals surface area (Å²) in [6.07, 6.45) is 3.64. The van der Waals surface area contributed by atoms with Gasteiger partial charge in [-0.2, -0.15) is 9.29 Å². The van der Waals surface area contributed by atoms with Gasteiger partial charge in [-0.05, 0) is 30.2 Å². The van der Waals surface area contributed by atoms with Crippen molar-refractivity contribution >= 4 is 32.5 Å². The van der Waals surface area contributed by atoms with E-state index in [1.807, 2.05) is 0 Å². The third-order valence-electron chi connectivity index (χ3n) is 6.32. The number of methoxy groups -OCH3 is 1. The summed E-state index contributed by atoms with van der Waals surface area (Å²) in [5.74, 6) is -4.06. The second kappa shape index (κ2) is 9.13. The number of nitrogens with one attached hydrogen (secondary N) is 1. The van der Waals surface area contributed by atoms with Gasteiger partial charge in [0.25, 0.3) is 5.92 Å². The molecule has 4 aromatic rings. The summed E-state index contributed by atoms with van der Waals surface area (Å²) in [5, 5.41) is 6.88. The molecule has 1 N–H and O–H groups in total. The van der Waals surface area contributed by atoms with Gasteiger partial charge in [0.05, 0.1) is 44.3 Å². The van der Waals surface area contributed by atoms with Gasteiger partial charge < -0.3 is 14.6 Å². The lowest BCUT2D eigenvalue weighted by Crippen LogP contribution is -2.55. The molecule has 15 heteroatoms. The van der Waals surface area contributed by atoms with Gasteiger partial charge in [-0.15, -0.1) is 5.10 Å². The summed E-state index contributed by atoms with van der Waals surface area (Å²) >= 11 is 0. The van der Waals surface area contributed by atoms with Crippen molar-refractivity contribution in [3.8, 4) is 17.0 Å². The number of hydrogen-bond donors (Lipinski definition) is 1. The lowest BCUT2D eigenvalue weighted by Gasteiger charge is -2.37. The highest BCUT2D eigenvalue weighted by Crippen LogP contribution is 2.35. The van der Waals surface area contributed by atoms with Crippen LogP contribution in [0.1, 0.15) is 6.42 Å². The number of fused-ring (bicyclic) bond motifs is 2. The van der Waals surface area contributed by atoms with Crippen LogP contribution in [0.25, 0.3) is 27.7 Å². The molecule has 1 aliphatic heterocycles. The first kappa shape index (κ1) is 25.2. The average molecular weight is 542 g/mol. The van der Waals surface area contributed by atoms with E-state index in [1.54, 1.807) is 18.3 Å². The van der Waals surface area contributed by atoms with Crippen LogP contribution in [0.3, 0.4) is 0 Å². The number of alkyl halides is 3. The van der Waals surface area contributed by atoms with Gasteiger partial charge in [0.1, 0.15) is 17.7 Å². The van der Waals surface area contributed by atoms with Crippen LogP contribution in [-0.2, 0) is 16.6 Å². The van der Waals surface area contributed by atoms with Gasteiger partial charge in [0.2, 0.25) is 21.9 Å². The minimum absolute atomic E-state index is 0.0190. The fraction of sp³-hybridized carbons (Fsp3) is 0.409. The Morgan fingerprint density at radius 1 is 1.30 bits per heavy atom. The quantitative estimate of drug-likeness (QED) is 0.359. The first-order valence-corrected chi connectivity index (χ1v) is 13.1. The standard InChI is InChI=1S/C22H23F4N7O3S/c1-36-20-19-14(13-9-15(24)18-16(10-13)31(8-5-23)12-27-18)3-7-33(19)30-21(29-20)28-17-4-6-32(37(2,34)35)11-22(17,25)26/h3,7,9-10,12,17H,4-6,8,11H2,1-2H3,(H,28,30). The maximum absolute atomic E-state index is 14.8. The second-order valence-electron chi connectivity index (χ2n) is 8.76. The molecule has 1 unspecified atom stereocenters. The maximum atomic E-state index is 14.8. The van der Waals surface area contributed by atoms with E-state index in [4.69, 9.17) is 4.74 Å². The number of rotatable bonds is 7. The maximum Gasteiger partial charge on any atom is 0.281 e. The summed E-state index contributed by atoms with van der Waals surface area (Å²) in [5.41, 5.74) is 1.83. The van der Waals surface area contributed by atoms with Crippen LogP contribution in [0.2, 0.25) is 0 Å². The minimum Gasteiger partial charge on any atom is -0.479 e. The molecule has 5 rings (SSSR count). The Hall–Kier alpha value is -3.46. The Bertz CT molecular complexity index is 1590. The molecule has 4 heterocycles. The van der Waals surface area contributed by atoms with Crippen LogP contribution in [-0.4, -0.2) is 82.0 Å². The highest BCUT2D eigenvalue weighted by Gasteiger charge is 2.47. The summed E-state index contributed by atoms with van der Waals surface area (Å²) in [7, 11) is -2.41. The zero-order chi connectivity index (χ0) is 26.5. The number of sulfonamides is 1. The summed E-state index contributed by atoms with van der Waals surface area (Å²) < 4.78 is 89.7. The number of piperidine rings is 1. The SMILES string of the molecule is COc1nc(NC2CCN(S(C)(=O)=O)CC2(F)F)nn2ccc(-c3cc(F)c4ncn(CCF)c4c3)c12. The molecule has 0 spiro atoms. The first-order chi connectivity index (χ1) is 17.5. The minimum atomic E-state index is -3.76. The van der Waals surface area contributed by atoms with Crippen molar-refractivity contribution in [2.24, 2.45) is 0 Å². The molecule has 1 aromatic carbocycles. The number of aromatic nitrogens is 5. The van der Waals surface area contributed by atoms with E-state index in [0.717, 1.165) is 10.6 Å². The Labute approximate surface area is 208 Å². The number of halogens is 4. The number of hydrogen-bond acceptors (Lipinski definition) is 7. The van der Waals surface area contributed by atoms with Gasteiger partial charge in [-0.25, -0.2) is 35.5 Å². The smallest absolute Gasteiger partial charge is 0.281 e. The van der Waals surface area contributed by atoms with E-state index in [1.165, 1.54) is 28.6 Å². The largest absolute Gasteiger partial charge is 0.479 e. The number of aryl methyl sites for hydroxylation is 1. The lowest BCUT2D eigenvalue weighted by atomic mass is 10.0. The van der Waals surface area contributed by atoms with Crippen LogP contribution in [0.15, 0.2) is 30.7 Å². The Balaban J connectivity index is 1.50. The number of nitrogens with zero attached hydrogens (tertiary/aromatic N) is 6. The Morgan fingerprint density at radius 3 is 2.76 bits per heavy atom. The number of ether oxygens (including phenoxy) is 1. The predicted octanol–water partition coefficient (Wildman–Crippen LogP) is 2.94. The van der Waals surface area contributed by atoms with E-state index in [2.05, 4.69) is 20.4 Å². The number of benzene rings is 1.